The van der Waals surface area contributed by atoms with E-state index in [0.29, 0.717) is 26.2 Å². The molecule has 0 aromatic rings. The molecule has 72 valence electrons. The summed E-state index contributed by atoms with van der Waals surface area (Å²) in [5.74, 6) is -0.495. The highest BCUT2D eigenvalue weighted by Crippen LogP contribution is 1.88. The van der Waals surface area contributed by atoms with Crippen LogP contribution in [-0.2, 0) is 14.3 Å². The molecule has 0 spiro atoms. The first-order valence-electron chi connectivity index (χ1n) is 3.80. The number of nitrogens with two attached hydrogens (primary N) is 2. The van der Waals surface area contributed by atoms with Gasteiger partial charge in [0.25, 0.3) is 0 Å². The van der Waals surface area contributed by atoms with Gasteiger partial charge >= 0.3 is 0 Å². The van der Waals surface area contributed by atoms with Crippen molar-refractivity contribution in [2.75, 3.05) is 26.9 Å². The maximum atomic E-state index is 10.4. The molecule has 0 aliphatic heterocycles. The van der Waals surface area contributed by atoms with E-state index < -0.39 is 11.9 Å². The van der Waals surface area contributed by atoms with Gasteiger partial charge in [0.15, 0.2) is 0 Å². The number of carbonyl (C=O) groups excluding carboxylic acids is 1. The van der Waals surface area contributed by atoms with Gasteiger partial charge in [-0.3, -0.25) is 4.79 Å². The summed E-state index contributed by atoms with van der Waals surface area (Å²) in [5, 5.41) is 0. The third-order valence-electron chi connectivity index (χ3n) is 1.37. The predicted octanol–water partition coefficient (Wildman–Crippen LogP) is -1.15. The molecule has 5 heteroatoms. The number of rotatable bonds is 7. The average Bonchev–Trinajstić information content (AvgIpc) is 2.03. The van der Waals surface area contributed by atoms with Crippen LogP contribution in [0.15, 0.2) is 0 Å². The molecule has 0 fully saturated rings. The molecular formula is C7H16N2O3. The normalized spacial score (nSPS) is 12.8. The molecular weight excluding hydrogens is 160 g/mol. The SMILES string of the molecule is COCCOCCC(N)C(N)=O. The molecule has 4 N–H and O–H groups in total. The molecule has 1 atom stereocenters. The summed E-state index contributed by atoms with van der Waals surface area (Å²) in [6, 6.07) is -0.604. The third kappa shape index (κ3) is 6.09. The minimum atomic E-state index is -0.604. The van der Waals surface area contributed by atoms with Crippen molar-refractivity contribution >= 4 is 5.91 Å². The Kier molecular flexibility index (Phi) is 6.64. The summed E-state index contributed by atoms with van der Waals surface area (Å²) >= 11 is 0. The fraction of sp³-hybridized carbons (Fsp3) is 0.857. The molecule has 0 heterocycles. The Balaban J connectivity index is 3.14. The highest BCUT2D eigenvalue weighted by atomic mass is 16.5. The Labute approximate surface area is 72.0 Å². The largest absolute Gasteiger partial charge is 0.382 e. The van der Waals surface area contributed by atoms with Crippen molar-refractivity contribution in [3.8, 4) is 0 Å². The second kappa shape index (κ2) is 7.02. The van der Waals surface area contributed by atoms with Crippen LogP contribution >= 0.6 is 0 Å². The standard InChI is InChI=1S/C7H16N2O3/c1-11-4-5-12-3-2-6(8)7(9)10/h6H,2-5,8H2,1H3,(H2,9,10). The number of methoxy groups -OCH3 is 1. The molecule has 1 amide bonds. The lowest BCUT2D eigenvalue weighted by atomic mass is 10.2. The van der Waals surface area contributed by atoms with Crippen molar-refractivity contribution in [2.24, 2.45) is 11.5 Å². The predicted molar refractivity (Wildman–Crippen MR) is 44.5 cm³/mol. The summed E-state index contributed by atoms with van der Waals surface area (Å²) < 4.78 is 9.83. The highest BCUT2D eigenvalue weighted by molar-refractivity contribution is 5.79. The zero-order valence-corrected chi connectivity index (χ0v) is 7.29. The van der Waals surface area contributed by atoms with Crippen molar-refractivity contribution in [3.05, 3.63) is 0 Å². The Morgan fingerprint density at radius 1 is 1.42 bits per heavy atom. The minimum Gasteiger partial charge on any atom is -0.382 e. The van der Waals surface area contributed by atoms with Crippen LogP contribution in [0.1, 0.15) is 6.42 Å². The maximum absolute atomic E-state index is 10.4. The van der Waals surface area contributed by atoms with Crippen LogP contribution < -0.4 is 11.5 Å². The third-order valence-corrected chi connectivity index (χ3v) is 1.37. The Morgan fingerprint density at radius 2 is 2.08 bits per heavy atom. The zero-order chi connectivity index (χ0) is 9.40. The Hall–Kier alpha value is -0.650. The summed E-state index contributed by atoms with van der Waals surface area (Å²) in [6.45, 7) is 1.50. The first-order chi connectivity index (χ1) is 5.68. The van der Waals surface area contributed by atoms with Crippen LogP contribution in [0, 0.1) is 0 Å². The van der Waals surface area contributed by atoms with Crippen LogP contribution in [0.4, 0.5) is 0 Å². The smallest absolute Gasteiger partial charge is 0.234 e. The monoisotopic (exact) mass is 176 g/mol. The quantitative estimate of drug-likeness (QED) is 0.479. The van der Waals surface area contributed by atoms with Gasteiger partial charge in [0.1, 0.15) is 0 Å². The van der Waals surface area contributed by atoms with E-state index >= 15 is 0 Å². The van der Waals surface area contributed by atoms with Crippen LogP contribution in [-0.4, -0.2) is 38.9 Å². The van der Waals surface area contributed by atoms with E-state index in [2.05, 4.69) is 0 Å². The molecule has 5 nitrogen and oxygen atoms in total. The van der Waals surface area contributed by atoms with E-state index in [-0.39, 0.29) is 0 Å². The zero-order valence-electron chi connectivity index (χ0n) is 7.29. The van der Waals surface area contributed by atoms with Crippen molar-refractivity contribution < 1.29 is 14.3 Å². The lowest BCUT2D eigenvalue weighted by Crippen LogP contribution is -2.37. The summed E-state index contributed by atoms with van der Waals surface area (Å²) in [4.78, 5) is 10.4. The summed E-state index contributed by atoms with van der Waals surface area (Å²) in [7, 11) is 1.60. The topological polar surface area (TPSA) is 87.6 Å². The molecule has 0 saturated carbocycles. The van der Waals surface area contributed by atoms with Gasteiger partial charge < -0.3 is 20.9 Å². The number of amides is 1. The second-order valence-corrected chi connectivity index (χ2v) is 2.40. The van der Waals surface area contributed by atoms with E-state index in [4.69, 9.17) is 20.9 Å². The van der Waals surface area contributed by atoms with E-state index in [0.717, 1.165) is 0 Å². The fourth-order valence-corrected chi connectivity index (χ4v) is 0.597. The highest BCUT2D eigenvalue weighted by Gasteiger charge is 2.07. The van der Waals surface area contributed by atoms with Crippen LogP contribution in [0.3, 0.4) is 0 Å². The van der Waals surface area contributed by atoms with Gasteiger partial charge in [-0.2, -0.15) is 0 Å². The summed E-state index contributed by atoms with van der Waals surface area (Å²) in [5.41, 5.74) is 10.3. The average molecular weight is 176 g/mol. The number of primary amides is 1. The van der Waals surface area contributed by atoms with Crippen molar-refractivity contribution in [3.63, 3.8) is 0 Å². The van der Waals surface area contributed by atoms with Gasteiger partial charge in [-0.05, 0) is 6.42 Å². The first-order valence-corrected chi connectivity index (χ1v) is 3.80. The first kappa shape index (κ1) is 11.4. The Bertz CT molecular complexity index is 130. The van der Waals surface area contributed by atoms with Crippen LogP contribution in [0.25, 0.3) is 0 Å². The molecule has 0 aromatic carbocycles. The second-order valence-electron chi connectivity index (χ2n) is 2.40. The number of hydrogen-bond acceptors (Lipinski definition) is 4. The lowest BCUT2D eigenvalue weighted by Gasteiger charge is -2.07. The van der Waals surface area contributed by atoms with Gasteiger partial charge in [-0.15, -0.1) is 0 Å². The van der Waals surface area contributed by atoms with Gasteiger partial charge in [-0.1, -0.05) is 0 Å². The van der Waals surface area contributed by atoms with Gasteiger partial charge in [0.05, 0.1) is 19.3 Å². The van der Waals surface area contributed by atoms with Gasteiger partial charge in [0, 0.05) is 13.7 Å². The Morgan fingerprint density at radius 3 is 2.58 bits per heavy atom. The molecule has 0 aliphatic carbocycles. The van der Waals surface area contributed by atoms with Gasteiger partial charge in [0.2, 0.25) is 5.91 Å². The molecule has 0 aromatic heterocycles. The number of hydrogen-bond donors (Lipinski definition) is 2. The molecule has 0 radical (unpaired) electrons. The van der Waals surface area contributed by atoms with Crippen molar-refractivity contribution in [2.45, 2.75) is 12.5 Å². The van der Waals surface area contributed by atoms with E-state index in [1.807, 2.05) is 0 Å². The molecule has 0 aliphatic rings. The fourth-order valence-electron chi connectivity index (χ4n) is 0.597. The van der Waals surface area contributed by atoms with Gasteiger partial charge in [-0.25, -0.2) is 0 Å². The number of carbonyl (C=O) groups is 1. The van der Waals surface area contributed by atoms with Crippen LogP contribution in [0.5, 0.6) is 0 Å². The minimum absolute atomic E-state index is 0.438. The lowest BCUT2D eigenvalue weighted by molar-refractivity contribution is -0.119. The van der Waals surface area contributed by atoms with E-state index in [1.165, 1.54) is 0 Å². The van der Waals surface area contributed by atoms with E-state index in [9.17, 15) is 4.79 Å². The van der Waals surface area contributed by atoms with Crippen LogP contribution in [0.2, 0.25) is 0 Å². The molecule has 0 bridgehead atoms. The molecule has 0 rings (SSSR count). The van der Waals surface area contributed by atoms with Crippen molar-refractivity contribution in [1.29, 1.82) is 0 Å². The maximum Gasteiger partial charge on any atom is 0.234 e. The molecule has 12 heavy (non-hydrogen) atoms. The van der Waals surface area contributed by atoms with E-state index in [1.54, 1.807) is 7.11 Å². The molecule has 0 saturated heterocycles. The number of ether oxygens (including phenoxy) is 2. The summed E-state index contributed by atoms with van der Waals surface area (Å²) in [6.07, 6.45) is 0.457. The van der Waals surface area contributed by atoms with Crippen molar-refractivity contribution in [1.82, 2.24) is 0 Å². The molecule has 1 unspecified atom stereocenters.